The second kappa shape index (κ2) is 7.39. The first-order chi connectivity index (χ1) is 15.2. The van der Waals surface area contributed by atoms with Gasteiger partial charge in [-0.05, 0) is 44.4 Å². The van der Waals surface area contributed by atoms with E-state index in [1.807, 2.05) is 18.0 Å². The molecule has 10 nitrogen and oxygen atoms in total. The SMILES string of the molecule is Cn1cc(CN2C(=O)c3cc(S(=O)(=O)NC4(C)CC4)ccc3N3C2=NCC3CCO)cn1. The van der Waals surface area contributed by atoms with Crippen molar-refractivity contribution in [1.82, 2.24) is 19.4 Å². The van der Waals surface area contributed by atoms with E-state index in [1.54, 1.807) is 28.9 Å². The van der Waals surface area contributed by atoms with Crippen molar-refractivity contribution >= 4 is 27.6 Å². The number of aryl methyl sites for hydroxylation is 1. The van der Waals surface area contributed by atoms with E-state index in [0.29, 0.717) is 30.2 Å². The Hall–Kier alpha value is -2.76. The van der Waals surface area contributed by atoms with Crippen LogP contribution in [0.25, 0.3) is 0 Å². The smallest absolute Gasteiger partial charge is 0.263 e. The second-order valence-electron chi connectivity index (χ2n) is 8.94. The van der Waals surface area contributed by atoms with E-state index in [-0.39, 0.29) is 30.0 Å². The quantitative estimate of drug-likeness (QED) is 0.634. The first-order valence-corrected chi connectivity index (χ1v) is 12.1. The average Bonchev–Trinajstić information content (AvgIpc) is 3.11. The molecule has 1 unspecified atom stereocenters. The largest absolute Gasteiger partial charge is 0.396 e. The first-order valence-electron chi connectivity index (χ1n) is 10.6. The Morgan fingerprint density at radius 3 is 2.75 bits per heavy atom. The van der Waals surface area contributed by atoms with Crippen molar-refractivity contribution in [2.24, 2.45) is 12.0 Å². The molecule has 5 rings (SSSR count). The van der Waals surface area contributed by atoms with Crippen molar-refractivity contribution in [3.05, 3.63) is 41.7 Å². The average molecular weight is 459 g/mol. The van der Waals surface area contributed by atoms with Crippen LogP contribution < -0.4 is 9.62 Å². The molecular weight excluding hydrogens is 432 g/mol. The number of benzene rings is 1. The molecule has 32 heavy (non-hydrogen) atoms. The number of aromatic nitrogens is 2. The maximum absolute atomic E-state index is 13.5. The summed E-state index contributed by atoms with van der Waals surface area (Å²) in [5.41, 5.74) is 1.35. The zero-order chi connectivity index (χ0) is 22.7. The predicted molar refractivity (Wildman–Crippen MR) is 118 cm³/mol. The number of aliphatic hydroxyl groups is 1. The highest BCUT2D eigenvalue weighted by Gasteiger charge is 2.44. The number of amides is 1. The highest BCUT2D eigenvalue weighted by molar-refractivity contribution is 7.89. The molecule has 1 aromatic heterocycles. The topological polar surface area (TPSA) is 120 Å². The molecule has 1 atom stereocenters. The van der Waals surface area contributed by atoms with E-state index < -0.39 is 15.6 Å². The van der Waals surface area contributed by atoms with E-state index in [0.717, 1.165) is 18.4 Å². The van der Waals surface area contributed by atoms with E-state index in [4.69, 9.17) is 0 Å². The van der Waals surface area contributed by atoms with Crippen LogP contribution in [0.4, 0.5) is 5.69 Å². The van der Waals surface area contributed by atoms with E-state index in [2.05, 4.69) is 14.8 Å². The summed E-state index contributed by atoms with van der Waals surface area (Å²) < 4.78 is 30.3. The Morgan fingerprint density at radius 1 is 1.31 bits per heavy atom. The molecule has 2 aromatic rings. The summed E-state index contributed by atoms with van der Waals surface area (Å²) in [7, 11) is -1.95. The minimum Gasteiger partial charge on any atom is -0.396 e. The summed E-state index contributed by atoms with van der Waals surface area (Å²) in [6.45, 7) is 2.58. The summed E-state index contributed by atoms with van der Waals surface area (Å²) in [6.07, 6.45) is 5.60. The Bertz CT molecular complexity index is 1220. The molecule has 1 amide bonds. The number of hydrogen-bond acceptors (Lipinski definition) is 7. The monoisotopic (exact) mass is 458 g/mol. The Balaban J connectivity index is 1.56. The van der Waals surface area contributed by atoms with E-state index >= 15 is 0 Å². The van der Waals surface area contributed by atoms with E-state index in [9.17, 15) is 18.3 Å². The lowest BCUT2D eigenvalue weighted by atomic mass is 10.0. The van der Waals surface area contributed by atoms with Crippen LogP contribution in [0.3, 0.4) is 0 Å². The van der Waals surface area contributed by atoms with E-state index in [1.165, 1.54) is 12.1 Å². The number of hydrogen-bond donors (Lipinski definition) is 2. The molecule has 0 spiro atoms. The lowest BCUT2D eigenvalue weighted by Crippen LogP contribution is -2.52. The fourth-order valence-corrected chi connectivity index (χ4v) is 5.74. The van der Waals surface area contributed by atoms with Crippen molar-refractivity contribution < 1.29 is 18.3 Å². The van der Waals surface area contributed by atoms with Crippen LogP contribution >= 0.6 is 0 Å². The standard InChI is InChI=1S/C21H26N6O4S/c1-21(6-7-21)24-32(30,31)16-3-4-18-17(9-16)19(29)26(13-14-10-23-25(2)12-14)20-22-11-15(5-8-28)27(18)20/h3-4,9-10,12,15,24,28H,5-8,11,13H2,1-2H3. The van der Waals surface area contributed by atoms with Gasteiger partial charge in [-0.15, -0.1) is 0 Å². The molecule has 0 bridgehead atoms. The fraction of sp³-hybridized carbons (Fsp3) is 0.476. The highest BCUT2D eigenvalue weighted by atomic mass is 32.2. The Labute approximate surface area is 186 Å². The molecule has 3 aliphatic rings. The van der Waals surface area contributed by atoms with Crippen LogP contribution in [0.15, 0.2) is 40.5 Å². The third kappa shape index (κ3) is 3.59. The molecule has 1 aromatic carbocycles. The van der Waals surface area contributed by atoms with Gasteiger partial charge in [0.25, 0.3) is 5.91 Å². The van der Waals surface area contributed by atoms with Gasteiger partial charge in [-0.25, -0.2) is 13.1 Å². The van der Waals surface area contributed by atoms with Crippen molar-refractivity contribution in [3.63, 3.8) is 0 Å². The molecule has 2 aliphatic heterocycles. The summed E-state index contributed by atoms with van der Waals surface area (Å²) in [5.74, 6) is 0.210. The van der Waals surface area contributed by atoms with Gasteiger partial charge in [-0.2, -0.15) is 5.10 Å². The zero-order valence-corrected chi connectivity index (χ0v) is 18.8. The summed E-state index contributed by atoms with van der Waals surface area (Å²) >= 11 is 0. The predicted octanol–water partition coefficient (Wildman–Crippen LogP) is 0.834. The maximum Gasteiger partial charge on any atom is 0.263 e. The van der Waals surface area contributed by atoms with Gasteiger partial charge in [0.15, 0.2) is 0 Å². The normalized spacial score (nSPS) is 21.4. The maximum atomic E-state index is 13.5. The minimum atomic E-state index is -3.75. The number of nitrogens with zero attached hydrogens (tertiary/aromatic N) is 5. The molecule has 170 valence electrons. The van der Waals surface area contributed by atoms with Gasteiger partial charge in [0, 0.05) is 31.0 Å². The molecule has 0 radical (unpaired) electrons. The van der Waals surface area contributed by atoms with Gasteiger partial charge in [0.1, 0.15) is 0 Å². The van der Waals surface area contributed by atoms with Crippen molar-refractivity contribution in [2.45, 2.75) is 49.2 Å². The van der Waals surface area contributed by atoms with Crippen LogP contribution in [0.2, 0.25) is 0 Å². The fourth-order valence-electron chi connectivity index (χ4n) is 4.25. The molecule has 11 heteroatoms. The number of carbonyl (C=O) groups excluding carboxylic acids is 1. The molecule has 2 N–H and O–H groups in total. The number of rotatable bonds is 7. The summed E-state index contributed by atoms with van der Waals surface area (Å²) in [4.78, 5) is 21.7. The number of aliphatic imine (C=N–C) groups is 1. The number of nitrogens with one attached hydrogen (secondary N) is 1. The molecule has 0 saturated heterocycles. The third-order valence-corrected chi connectivity index (χ3v) is 7.86. The molecule has 3 heterocycles. The summed E-state index contributed by atoms with van der Waals surface area (Å²) in [5, 5.41) is 13.7. The van der Waals surface area contributed by atoms with Gasteiger partial charge in [-0.3, -0.25) is 19.4 Å². The molecular formula is C21H26N6O4S. The highest BCUT2D eigenvalue weighted by Crippen LogP contribution is 2.38. The first kappa shape index (κ1) is 21.1. The number of aliphatic hydroxyl groups excluding tert-OH is 1. The minimum absolute atomic E-state index is 0.00911. The number of fused-ring (bicyclic) bond motifs is 3. The van der Waals surface area contributed by atoms with Gasteiger partial charge in [0.2, 0.25) is 16.0 Å². The van der Waals surface area contributed by atoms with Gasteiger partial charge in [-0.1, -0.05) is 0 Å². The second-order valence-corrected chi connectivity index (χ2v) is 10.6. The summed E-state index contributed by atoms with van der Waals surface area (Å²) in [6, 6.07) is 4.55. The molecule has 1 saturated carbocycles. The van der Waals surface area contributed by atoms with Crippen LogP contribution in [-0.4, -0.2) is 64.8 Å². The third-order valence-electron chi connectivity index (χ3n) is 6.22. The van der Waals surface area contributed by atoms with Gasteiger partial charge in [0.05, 0.1) is 41.5 Å². The Kier molecular flexibility index (Phi) is 4.88. The number of sulfonamides is 1. The Morgan fingerprint density at radius 2 is 2.09 bits per heavy atom. The number of guanidine groups is 1. The van der Waals surface area contributed by atoms with Crippen LogP contribution in [0, 0.1) is 0 Å². The lowest BCUT2D eigenvalue weighted by molar-refractivity contribution is 0.0832. The van der Waals surface area contributed by atoms with Crippen molar-refractivity contribution in [1.29, 1.82) is 0 Å². The van der Waals surface area contributed by atoms with Crippen molar-refractivity contribution in [3.8, 4) is 0 Å². The van der Waals surface area contributed by atoms with Gasteiger partial charge < -0.3 is 10.0 Å². The lowest BCUT2D eigenvalue weighted by Gasteiger charge is -2.38. The van der Waals surface area contributed by atoms with Crippen LogP contribution in [-0.2, 0) is 23.6 Å². The van der Waals surface area contributed by atoms with Crippen LogP contribution in [0.5, 0.6) is 0 Å². The number of anilines is 1. The van der Waals surface area contributed by atoms with Crippen LogP contribution in [0.1, 0.15) is 42.1 Å². The zero-order valence-electron chi connectivity index (χ0n) is 18.0. The molecule has 1 aliphatic carbocycles. The number of carbonyl (C=O) groups is 1. The molecule has 1 fully saturated rings. The van der Waals surface area contributed by atoms with Crippen molar-refractivity contribution in [2.75, 3.05) is 18.1 Å². The van der Waals surface area contributed by atoms with Gasteiger partial charge >= 0.3 is 0 Å².